The number of fused-ring (bicyclic) bond motifs is 8. The van der Waals surface area contributed by atoms with E-state index in [0.717, 1.165) is 56.2 Å². The van der Waals surface area contributed by atoms with E-state index < -0.39 is 0 Å². The van der Waals surface area contributed by atoms with Crippen molar-refractivity contribution >= 4 is 22.1 Å². The normalized spacial score (nSPS) is 14.0. The first-order chi connectivity index (χ1) is 32.2. The van der Waals surface area contributed by atoms with Crippen LogP contribution in [0.5, 0.6) is 0 Å². The molecule has 2 heterocycles. The summed E-state index contributed by atoms with van der Waals surface area (Å²) in [6.45, 7) is 9.59. The lowest BCUT2D eigenvalue weighted by Crippen LogP contribution is -2.17. The summed E-state index contributed by atoms with van der Waals surface area (Å²) in [7, 11) is 0. The largest absolute Gasteiger partial charge is 0.292 e. The summed E-state index contributed by atoms with van der Waals surface area (Å²) < 4.78 is 4.55. The molecule has 11 aromatic rings. The molecule has 0 radical (unpaired) electrons. The lowest BCUT2D eigenvalue weighted by molar-refractivity contribution is 0.652. The Hall–Kier alpha value is -8.08. The van der Waals surface area contributed by atoms with Gasteiger partial charge in [0.15, 0.2) is 0 Å². The number of hydrogen-bond donors (Lipinski definition) is 0. The van der Waals surface area contributed by atoms with E-state index in [1.54, 1.807) is 0 Å². The highest BCUT2D eigenvalue weighted by Gasteiger charge is 2.42. The maximum atomic E-state index is 5.26. The quantitative estimate of drug-likeness (QED) is 0.167. The van der Waals surface area contributed by atoms with Gasteiger partial charge in [-0.15, -0.1) is 0 Å². The predicted molar refractivity (Wildman–Crippen MR) is 273 cm³/mol. The zero-order chi connectivity index (χ0) is 44.3. The van der Waals surface area contributed by atoms with Crippen LogP contribution >= 0.6 is 0 Å². The third-order valence-electron chi connectivity index (χ3n) is 14.6. The van der Waals surface area contributed by atoms with Crippen LogP contribution < -0.4 is 0 Å². The summed E-state index contributed by atoms with van der Waals surface area (Å²) >= 11 is 0. The Bertz CT molecular complexity index is 3720. The summed E-state index contributed by atoms with van der Waals surface area (Å²) in [5, 5.41) is 0. The van der Waals surface area contributed by atoms with E-state index in [4.69, 9.17) is 9.97 Å². The zero-order valence-electron chi connectivity index (χ0n) is 37.4. The van der Waals surface area contributed by atoms with E-state index >= 15 is 0 Å². The van der Waals surface area contributed by atoms with Gasteiger partial charge in [-0.05, 0) is 140 Å². The first kappa shape index (κ1) is 38.4. The van der Waals surface area contributed by atoms with E-state index in [9.17, 15) is 0 Å². The van der Waals surface area contributed by atoms with Crippen molar-refractivity contribution in [3.05, 3.63) is 229 Å². The van der Waals surface area contributed by atoms with Crippen LogP contribution in [-0.2, 0) is 10.8 Å². The molecule has 314 valence electrons. The van der Waals surface area contributed by atoms with Crippen LogP contribution in [0, 0.1) is 0 Å². The number of nitrogens with zero attached hydrogens (tertiary/aromatic N) is 4. The molecular weight excluding hydrogens is 801 g/mol. The van der Waals surface area contributed by atoms with E-state index in [2.05, 4.69) is 243 Å². The van der Waals surface area contributed by atoms with Gasteiger partial charge in [-0.2, -0.15) is 0 Å². The third-order valence-corrected chi connectivity index (χ3v) is 14.6. The molecule has 0 bridgehead atoms. The van der Waals surface area contributed by atoms with Gasteiger partial charge in [0.05, 0.1) is 22.1 Å². The number of imidazole rings is 2. The fourth-order valence-corrected chi connectivity index (χ4v) is 11.1. The molecule has 0 saturated heterocycles. The van der Waals surface area contributed by atoms with E-state index in [-0.39, 0.29) is 10.8 Å². The van der Waals surface area contributed by atoms with Crippen LogP contribution in [0.2, 0.25) is 0 Å². The van der Waals surface area contributed by atoms with E-state index in [1.165, 1.54) is 66.8 Å². The van der Waals surface area contributed by atoms with Crippen molar-refractivity contribution < 1.29 is 0 Å². The molecule has 13 rings (SSSR count). The Morgan fingerprint density at radius 1 is 0.303 bits per heavy atom. The highest BCUT2D eigenvalue weighted by atomic mass is 15.1. The molecule has 9 aromatic carbocycles. The van der Waals surface area contributed by atoms with Crippen LogP contribution in [0.1, 0.15) is 49.9 Å². The number of hydrogen-bond acceptors (Lipinski definition) is 2. The van der Waals surface area contributed by atoms with Gasteiger partial charge in [-0.25, -0.2) is 9.97 Å². The molecule has 0 fully saturated rings. The minimum absolute atomic E-state index is 0.167. The monoisotopic (exact) mass is 846 g/mol. The van der Waals surface area contributed by atoms with Crippen LogP contribution in [0.4, 0.5) is 0 Å². The van der Waals surface area contributed by atoms with E-state index in [1.807, 2.05) is 0 Å². The van der Waals surface area contributed by atoms with Crippen molar-refractivity contribution in [3.8, 4) is 78.7 Å². The standard InChI is InChI=1S/C62H46N4/c1-61(2)51-34-42(39-24-29-46(30-25-39)66-57-23-15-14-22-55(57)63-59(66)40-16-8-5-9-17-40)26-31-47(51)49-37-54-50(38-53(49)61)48-32-27-43(35-52(48)62(54,3)4)44-28-33-58-56(36-44)64-60(41-18-10-6-11-19-41)65(58)45-20-12-7-13-21-45/h5-38H,1-4H3. The van der Waals surface area contributed by atoms with Crippen molar-refractivity contribution in [3.63, 3.8) is 0 Å². The molecule has 66 heavy (non-hydrogen) atoms. The smallest absolute Gasteiger partial charge is 0.145 e. The van der Waals surface area contributed by atoms with Gasteiger partial charge in [0, 0.05) is 33.3 Å². The maximum absolute atomic E-state index is 5.26. The summed E-state index contributed by atoms with van der Waals surface area (Å²) in [6, 6.07) is 74.9. The van der Waals surface area contributed by atoms with Gasteiger partial charge < -0.3 is 0 Å². The van der Waals surface area contributed by atoms with Crippen molar-refractivity contribution in [2.45, 2.75) is 38.5 Å². The zero-order valence-corrected chi connectivity index (χ0v) is 37.4. The Morgan fingerprint density at radius 2 is 0.712 bits per heavy atom. The Labute approximate surface area is 385 Å². The minimum Gasteiger partial charge on any atom is -0.292 e. The van der Waals surface area contributed by atoms with Crippen LogP contribution in [0.25, 0.3) is 101 Å². The molecule has 0 N–H and O–H groups in total. The van der Waals surface area contributed by atoms with Gasteiger partial charge >= 0.3 is 0 Å². The molecule has 0 unspecified atom stereocenters. The minimum atomic E-state index is -0.176. The Balaban J connectivity index is 0.837. The van der Waals surface area contributed by atoms with E-state index in [0.29, 0.717) is 0 Å². The fraction of sp³-hybridized carbons (Fsp3) is 0.0968. The Kier molecular flexibility index (Phi) is 8.26. The predicted octanol–water partition coefficient (Wildman–Crippen LogP) is 15.6. The number of aromatic nitrogens is 4. The van der Waals surface area contributed by atoms with Gasteiger partial charge in [0.2, 0.25) is 0 Å². The summed E-state index contributed by atoms with van der Waals surface area (Å²) in [5.41, 5.74) is 23.9. The molecule has 0 aliphatic heterocycles. The molecule has 4 nitrogen and oxygen atoms in total. The number of rotatable bonds is 6. The highest BCUT2D eigenvalue weighted by molar-refractivity contribution is 5.93. The Morgan fingerprint density at radius 3 is 1.29 bits per heavy atom. The summed E-state index contributed by atoms with van der Waals surface area (Å²) in [5.74, 6) is 1.89. The van der Waals surface area contributed by atoms with Gasteiger partial charge in [-0.1, -0.05) is 161 Å². The summed E-state index contributed by atoms with van der Waals surface area (Å²) in [6.07, 6.45) is 0. The SMILES string of the molecule is CC1(C)c2cc(-c3ccc(-n4c(-c5ccccc5)nc5ccccc54)cc3)ccc2-c2cc3c(cc21)-c1ccc(-c2ccc4c(c2)nc(-c2ccccc2)n4-c2ccccc2)cc1C3(C)C. The number of benzene rings is 9. The van der Waals surface area contributed by atoms with Gasteiger partial charge in [0.25, 0.3) is 0 Å². The molecule has 2 aromatic heterocycles. The van der Waals surface area contributed by atoms with Gasteiger partial charge in [-0.3, -0.25) is 9.13 Å². The molecule has 4 heteroatoms. The van der Waals surface area contributed by atoms with Gasteiger partial charge in [0.1, 0.15) is 11.6 Å². The lowest BCUT2D eigenvalue weighted by atomic mass is 9.79. The molecular formula is C62H46N4. The second-order valence-corrected chi connectivity index (χ2v) is 19.1. The third kappa shape index (κ3) is 5.71. The average molecular weight is 847 g/mol. The fourth-order valence-electron chi connectivity index (χ4n) is 11.1. The molecule has 2 aliphatic rings. The maximum Gasteiger partial charge on any atom is 0.145 e. The van der Waals surface area contributed by atoms with Crippen molar-refractivity contribution in [1.29, 1.82) is 0 Å². The molecule has 0 saturated carbocycles. The molecule has 0 atom stereocenters. The summed E-state index contributed by atoms with van der Waals surface area (Å²) in [4.78, 5) is 10.3. The van der Waals surface area contributed by atoms with Crippen molar-refractivity contribution in [2.24, 2.45) is 0 Å². The van der Waals surface area contributed by atoms with Crippen LogP contribution in [0.15, 0.2) is 206 Å². The van der Waals surface area contributed by atoms with Crippen molar-refractivity contribution in [2.75, 3.05) is 0 Å². The first-order valence-corrected chi connectivity index (χ1v) is 23.0. The topological polar surface area (TPSA) is 35.6 Å². The lowest BCUT2D eigenvalue weighted by Gasteiger charge is -2.24. The second kappa shape index (κ2) is 14.2. The molecule has 0 amide bonds. The molecule has 0 spiro atoms. The van der Waals surface area contributed by atoms with Crippen LogP contribution in [-0.4, -0.2) is 19.1 Å². The molecule has 2 aliphatic carbocycles. The van der Waals surface area contributed by atoms with Crippen molar-refractivity contribution in [1.82, 2.24) is 19.1 Å². The van der Waals surface area contributed by atoms with Crippen LogP contribution in [0.3, 0.4) is 0 Å². The first-order valence-electron chi connectivity index (χ1n) is 23.0. The highest BCUT2D eigenvalue weighted by Crippen LogP contribution is 2.57. The average Bonchev–Trinajstić information content (AvgIpc) is 4.07. The number of para-hydroxylation sites is 3. The second-order valence-electron chi connectivity index (χ2n) is 19.1.